The van der Waals surface area contributed by atoms with Gasteiger partial charge < -0.3 is 19.8 Å². The van der Waals surface area contributed by atoms with E-state index in [1.54, 1.807) is 58.3 Å². The number of hydrogen-bond acceptors (Lipinski definition) is 4. The van der Waals surface area contributed by atoms with Crippen molar-refractivity contribution in [2.24, 2.45) is 0 Å². The highest BCUT2D eigenvalue weighted by Crippen LogP contribution is 2.18. The summed E-state index contributed by atoms with van der Waals surface area (Å²) in [5.74, 6) is -0.563. The molecule has 0 unspecified atom stereocenters. The molecule has 0 spiro atoms. The van der Waals surface area contributed by atoms with Gasteiger partial charge in [0.25, 0.3) is 22.9 Å². The number of hydrogen-bond donors (Lipinski definition) is 2. The van der Waals surface area contributed by atoms with E-state index in [0.29, 0.717) is 41.2 Å². The van der Waals surface area contributed by atoms with Crippen molar-refractivity contribution in [3.8, 4) is 0 Å². The Kier molecular flexibility index (Phi) is 5.05. The number of fused-ring (bicyclic) bond motifs is 2. The van der Waals surface area contributed by atoms with Gasteiger partial charge in [-0.15, -0.1) is 0 Å². The molecule has 0 aliphatic carbocycles. The molecule has 5 rings (SSSR count). The summed E-state index contributed by atoms with van der Waals surface area (Å²) in [6, 6.07) is 17.3. The van der Waals surface area contributed by atoms with E-state index in [4.69, 9.17) is 0 Å². The van der Waals surface area contributed by atoms with Crippen molar-refractivity contribution in [3.63, 3.8) is 0 Å². The lowest BCUT2D eigenvalue weighted by atomic mass is 10.1. The fourth-order valence-electron chi connectivity index (χ4n) is 4.42. The third kappa shape index (κ3) is 3.69. The highest BCUT2D eigenvalue weighted by atomic mass is 16.2. The molecule has 3 heterocycles. The van der Waals surface area contributed by atoms with Crippen LogP contribution in [0.5, 0.6) is 0 Å². The summed E-state index contributed by atoms with van der Waals surface area (Å²) >= 11 is 0. The molecule has 1 aliphatic rings. The summed E-state index contributed by atoms with van der Waals surface area (Å²) in [7, 11) is 0. The van der Waals surface area contributed by atoms with Gasteiger partial charge in [0.05, 0.1) is 0 Å². The summed E-state index contributed by atoms with van der Waals surface area (Å²) < 4.78 is 0. The van der Waals surface area contributed by atoms with Crippen molar-refractivity contribution in [1.29, 1.82) is 0 Å². The van der Waals surface area contributed by atoms with Crippen molar-refractivity contribution in [1.82, 2.24) is 19.8 Å². The van der Waals surface area contributed by atoms with Gasteiger partial charge in [-0.2, -0.15) is 0 Å². The Bertz CT molecular complexity index is 1520. The van der Waals surface area contributed by atoms with Crippen LogP contribution in [0.15, 0.2) is 70.3 Å². The first-order valence-corrected chi connectivity index (χ1v) is 10.8. The molecule has 8 nitrogen and oxygen atoms in total. The van der Waals surface area contributed by atoms with E-state index in [1.165, 1.54) is 0 Å². The highest BCUT2D eigenvalue weighted by Gasteiger charge is 2.31. The number of aromatic nitrogens is 2. The van der Waals surface area contributed by atoms with Crippen molar-refractivity contribution >= 4 is 33.4 Å². The zero-order chi connectivity index (χ0) is 23.1. The van der Waals surface area contributed by atoms with Gasteiger partial charge in [0.2, 0.25) is 0 Å². The number of aromatic amines is 2. The third-order valence-electron chi connectivity index (χ3n) is 6.14. The molecule has 1 saturated heterocycles. The Morgan fingerprint density at radius 3 is 1.85 bits per heavy atom. The monoisotopic (exact) mass is 442 g/mol. The van der Waals surface area contributed by atoms with Crippen molar-refractivity contribution in [3.05, 3.63) is 92.8 Å². The van der Waals surface area contributed by atoms with E-state index in [0.717, 1.165) is 0 Å². The van der Waals surface area contributed by atoms with Crippen molar-refractivity contribution in [2.45, 2.75) is 13.0 Å². The molecule has 1 atom stereocenters. The molecule has 0 bridgehead atoms. The number of nitrogens with one attached hydrogen (secondary N) is 2. The Hall–Kier alpha value is -4.20. The van der Waals surface area contributed by atoms with E-state index in [2.05, 4.69) is 9.97 Å². The first-order chi connectivity index (χ1) is 15.9. The van der Waals surface area contributed by atoms with Crippen LogP contribution in [0.25, 0.3) is 21.5 Å². The number of pyridine rings is 2. The first-order valence-electron chi connectivity index (χ1n) is 10.8. The van der Waals surface area contributed by atoms with Crippen LogP contribution in [0.3, 0.4) is 0 Å². The minimum atomic E-state index is -0.307. The van der Waals surface area contributed by atoms with Gasteiger partial charge in [-0.05, 0) is 42.0 Å². The molecule has 2 aromatic heterocycles. The lowest BCUT2D eigenvalue weighted by Crippen LogP contribution is -2.55. The van der Waals surface area contributed by atoms with Crippen LogP contribution in [-0.2, 0) is 0 Å². The normalized spacial score (nSPS) is 16.3. The Balaban J connectivity index is 1.36. The quantitative estimate of drug-likeness (QED) is 0.497. The molecule has 8 heteroatoms. The van der Waals surface area contributed by atoms with Crippen LogP contribution < -0.4 is 11.1 Å². The minimum absolute atomic E-state index is 0.226. The molecular formula is C25H22N4O4. The Morgan fingerprint density at radius 1 is 0.788 bits per heavy atom. The van der Waals surface area contributed by atoms with Gasteiger partial charge >= 0.3 is 0 Å². The molecule has 166 valence electrons. The number of nitrogens with zero attached hydrogens (tertiary/aromatic N) is 2. The number of piperazine rings is 1. The Labute approximate surface area is 188 Å². The standard InChI is InChI=1S/C25H22N4O4/c1-15-14-28(24(32)20-12-16-6-2-4-8-18(16)22(30)26-20)10-11-29(15)25(33)21-13-17-7-3-5-9-19(17)23(31)27-21/h2-9,12-13,15H,10-11,14H2,1H3,(H,26,30)(H,27,31)/t15-/m0/s1. The average Bonchev–Trinajstić information content (AvgIpc) is 2.83. The summed E-state index contributed by atoms with van der Waals surface area (Å²) in [5, 5.41) is 2.46. The molecule has 0 saturated carbocycles. The zero-order valence-electron chi connectivity index (χ0n) is 18.0. The number of carbonyl (C=O) groups excluding carboxylic acids is 2. The van der Waals surface area contributed by atoms with E-state index in [1.807, 2.05) is 19.1 Å². The van der Waals surface area contributed by atoms with Gasteiger partial charge in [-0.25, -0.2) is 0 Å². The molecule has 2 amide bonds. The van der Waals surface area contributed by atoms with Gasteiger partial charge in [0.15, 0.2) is 0 Å². The molecular weight excluding hydrogens is 420 g/mol. The summed E-state index contributed by atoms with van der Waals surface area (Å²) in [4.78, 5) is 59.6. The number of carbonyl (C=O) groups is 2. The number of amides is 2. The number of rotatable bonds is 2. The smallest absolute Gasteiger partial charge is 0.270 e. The second-order valence-electron chi connectivity index (χ2n) is 8.30. The molecule has 0 radical (unpaired) electrons. The van der Waals surface area contributed by atoms with Gasteiger partial charge in [-0.3, -0.25) is 19.2 Å². The van der Waals surface area contributed by atoms with Crippen molar-refractivity contribution < 1.29 is 9.59 Å². The summed E-state index contributed by atoms with van der Waals surface area (Å²) in [6.07, 6.45) is 0. The van der Waals surface area contributed by atoms with Crippen molar-refractivity contribution in [2.75, 3.05) is 19.6 Å². The maximum Gasteiger partial charge on any atom is 0.270 e. The highest BCUT2D eigenvalue weighted by molar-refractivity contribution is 5.98. The van der Waals surface area contributed by atoms with E-state index < -0.39 is 0 Å². The van der Waals surface area contributed by atoms with E-state index in [-0.39, 0.29) is 40.4 Å². The first kappa shape index (κ1) is 20.7. The summed E-state index contributed by atoms with van der Waals surface area (Å²) in [6.45, 7) is 2.82. The zero-order valence-corrected chi connectivity index (χ0v) is 18.0. The molecule has 2 N–H and O–H groups in total. The van der Waals surface area contributed by atoms with Gasteiger partial charge in [0, 0.05) is 36.4 Å². The van der Waals surface area contributed by atoms with Gasteiger partial charge in [0.1, 0.15) is 11.4 Å². The molecule has 2 aromatic carbocycles. The van der Waals surface area contributed by atoms with Gasteiger partial charge in [-0.1, -0.05) is 36.4 Å². The maximum atomic E-state index is 13.1. The fraction of sp³-hybridized carbons (Fsp3) is 0.200. The molecule has 1 aliphatic heterocycles. The minimum Gasteiger partial charge on any atom is -0.334 e. The van der Waals surface area contributed by atoms with Crippen LogP contribution in [-0.4, -0.2) is 57.3 Å². The number of benzene rings is 2. The predicted octanol–water partition coefficient (Wildman–Crippen LogP) is 2.36. The lowest BCUT2D eigenvalue weighted by molar-refractivity contribution is 0.0408. The molecule has 33 heavy (non-hydrogen) atoms. The lowest BCUT2D eigenvalue weighted by Gasteiger charge is -2.39. The van der Waals surface area contributed by atoms with Crippen LogP contribution in [0, 0.1) is 0 Å². The van der Waals surface area contributed by atoms with Crippen LogP contribution in [0.2, 0.25) is 0 Å². The maximum absolute atomic E-state index is 13.1. The van der Waals surface area contributed by atoms with Crippen LogP contribution in [0.1, 0.15) is 27.9 Å². The van der Waals surface area contributed by atoms with E-state index >= 15 is 0 Å². The molecule has 1 fully saturated rings. The predicted molar refractivity (Wildman–Crippen MR) is 126 cm³/mol. The second kappa shape index (κ2) is 8.05. The SMILES string of the molecule is C[C@H]1CN(C(=O)c2cc3ccccc3c(=O)[nH]2)CCN1C(=O)c1cc2ccccc2c(=O)[nH]1. The van der Waals surface area contributed by atoms with Crippen LogP contribution >= 0.6 is 0 Å². The number of H-pyrrole nitrogens is 2. The fourth-order valence-corrected chi connectivity index (χ4v) is 4.42. The average molecular weight is 442 g/mol. The third-order valence-corrected chi connectivity index (χ3v) is 6.14. The second-order valence-corrected chi connectivity index (χ2v) is 8.30. The van der Waals surface area contributed by atoms with Crippen LogP contribution in [0.4, 0.5) is 0 Å². The Morgan fingerprint density at radius 2 is 1.30 bits per heavy atom. The largest absolute Gasteiger partial charge is 0.334 e. The topological polar surface area (TPSA) is 106 Å². The molecule has 4 aromatic rings. The van der Waals surface area contributed by atoms with E-state index in [9.17, 15) is 19.2 Å². The summed E-state index contributed by atoms with van der Waals surface area (Å²) in [5.41, 5.74) is -0.162.